The normalized spacial score (nSPS) is 21.5. The molecule has 0 radical (unpaired) electrons. The highest BCUT2D eigenvalue weighted by Crippen LogP contribution is 2.37. The van der Waals surface area contributed by atoms with Gasteiger partial charge in [-0.25, -0.2) is 0 Å². The van der Waals surface area contributed by atoms with Gasteiger partial charge in [0.05, 0.1) is 17.9 Å². The van der Waals surface area contributed by atoms with Crippen molar-refractivity contribution in [2.45, 2.75) is 31.2 Å². The van der Waals surface area contributed by atoms with Gasteiger partial charge in [-0.3, -0.25) is 14.4 Å². The number of likely N-dealkylation sites (tertiary alicyclic amines) is 1. The van der Waals surface area contributed by atoms with E-state index in [9.17, 15) is 19.5 Å². The lowest BCUT2D eigenvalue weighted by Crippen LogP contribution is -2.56. The first-order valence-electron chi connectivity index (χ1n) is 8.88. The Morgan fingerprint density at radius 3 is 2.38 bits per heavy atom. The Labute approximate surface area is 153 Å². The van der Waals surface area contributed by atoms with E-state index in [1.54, 1.807) is 4.90 Å². The van der Waals surface area contributed by atoms with E-state index in [2.05, 4.69) is 5.32 Å². The summed E-state index contributed by atoms with van der Waals surface area (Å²) in [6, 6.07) is 7.88. The Kier molecular flexibility index (Phi) is 4.89. The zero-order valence-corrected chi connectivity index (χ0v) is 15.2. The van der Waals surface area contributed by atoms with Crippen molar-refractivity contribution in [3.63, 3.8) is 0 Å². The molecular formula is C19H25N3O4. The highest BCUT2D eigenvalue weighted by Gasteiger charge is 2.51. The van der Waals surface area contributed by atoms with Crippen molar-refractivity contribution < 1.29 is 19.5 Å². The van der Waals surface area contributed by atoms with Gasteiger partial charge in [-0.2, -0.15) is 0 Å². The predicted molar refractivity (Wildman–Crippen MR) is 96.9 cm³/mol. The van der Waals surface area contributed by atoms with Crippen LogP contribution in [0.3, 0.4) is 0 Å². The van der Waals surface area contributed by atoms with Crippen LogP contribution in [0, 0.1) is 5.92 Å². The van der Waals surface area contributed by atoms with Gasteiger partial charge in [0.15, 0.2) is 0 Å². The fourth-order valence-corrected chi connectivity index (χ4v) is 3.95. The van der Waals surface area contributed by atoms with Gasteiger partial charge in [0.1, 0.15) is 0 Å². The van der Waals surface area contributed by atoms with Crippen LogP contribution in [0.15, 0.2) is 24.3 Å². The van der Waals surface area contributed by atoms with Gasteiger partial charge in [0, 0.05) is 39.3 Å². The van der Waals surface area contributed by atoms with Gasteiger partial charge in [-0.1, -0.05) is 12.1 Å². The summed E-state index contributed by atoms with van der Waals surface area (Å²) in [6.45, 7) is 0.942. The van der Waals surface area contributed by atoms with Gasteiger partial charge >= 0.3 is 5.97 Å². The van der Waals surface area contributed by atoms with E-state index < -0.39 is 17.4 Å². The molecule has 3 rings (SSSR count). The minimum Gasteiger partial charge on any atom is -0.481 e. The molecule has 1 atom stereocenters. The molecule has 0 unspecified atom stereocenters. The van der Waals surface area contributed by atoms with E-state index in [4.69, 9.17) is 0 Å². The Bertz CT molecular complexity index is 706. The van der Waals surface area contributed by atoms with Crippen molar-refractivity contribution in [1.82, 2.24) is 10.2 Å². The Morgan fingerprint density at radius 1 is 1.23 bits per heavy atom. The molecule has 1 aromatic rings. The van der Waals surface area contributed by atoms with E-state index in [1.165, 1.54) is 0 Å². The topological polar surface area (TPSA) is 90.0 Å². The van der Waals surface area contributed by atoms with Crippen LogP contribution in [0.1, 0.15) is 24.8 Å². The molecule has 0 saturated carbocycles. The van der Waals surface area contributed by atoms with Crippen molar-refractivity contribution in [2.24, 2.45) is 5.92 Å². The number of piperidine rings is 1. The quantitative estimate of drug-likeness (QED) is 0.833. The van der Waals surface area contributed by atoms with Gasteiger partial charge < -0.3 is 20.2 Å². The summed E-state index contributed by atoms with van der Waals surface area (Å²) in [5.41, 5.74) is 1.34. The van der Waals surface area contributed by atoms with Crippen LogP contribution in [0.5, 0.6) is 0 Å². The number of hydrogen-bond donors (Lipinski definition) is 2. The second kappa shape index (κ2) is 6.97. The molecular weight excluding hydrogens is 334 g/mol. The summed E-state index contributed by atoms with van der Waals surface area (Å²) < 4.78 is 0. The third-order valence-electron chi connectivity index (χ3n) is 5.56. The summed E-state index contributed by atoms with van der Waals surface area (Å²) in [7, 11) is 3.94. The fourth-order valence-electron chi connectivity index (χ4n) is 3.95. The standard InChI is InChI=1S/C19H25N3O4/c1-21(2)14-5-3-13(4-6-14)11-17(24)22-9-7-19(8-10-22)15(18(25)26)12-16(23)20-19/h3-6,15H,7-12H2,1-2H3,(H,20,23)(H,25,26)/t15-/m1/s1. The number of amides is 2. The molecule has 0 aliphatic carbocycles. The molecule has 0 bridgehead atoms. The molecule has 2 heterocycles. The fraction of sp³-hybridized carbons (Fsp3) is 0.526. The van der Waals surface area contributed by atoms with Crippen LogP contribution in [0.25, 0.3) is 0 Å². The first kappa shape index (κ1) is 18.2. The minimum absolute atomic E-state index is 0.0293. The summed E-state index contributed by atoms with van der Waals surface area (Å²) in [5, 5.41) is 12.3. The average molecular weight is 359 g/mol. The SMILES string of the molecule is CN(C)c1ccc(CC(=O)N2CCC3(CC2)NC(=O)C[C@@H]3C(=O)O)cc1. The lowest BCUT2D eigenvalue weighted by molar-refractivity contribution is -0.145. The number of carbonyl (C=O) groups excluding carboxylic acids is 2. The largest absolute Gasteiger partial charge is 0.481 e. The van der Waals surface area contributed by atoms with Crippen LogP contribution < -0.4 is 10.2 Å². The molecule has 2 N–H and O–H groups in total. The van der Waals surface area contributed by atoms with Crippen molar-refractivity contribution in [2.75, 3.05) is 32.1 Å². The molecule has 7 nitrogen and oxygen atoms in total. The number of carboxylic acids is 1. The van der Waals surface area contributed by atoms with Crippen LogP contribution >= 0.6 is 0 Å². The van der Waals surface area contributed by atoms with Crippen molar-refractivity contribution in [1.29, 1.82) is 0 Å². The lowest BCUT2D eigenvalue weighted by Gasteiger charge is -2.41. The monoisotopic (exact) mass is 359 g/mol. The number of carboxylic acid groups (broad SMARTS) is 1. The van der Waals surface area contributed by atoms with E-state index in [-0.39, 0.29) is 18.2 Å². The highest BCUT2D eigenvalue weighted by molar-refractivity contribution is 5.88. The number of anilines is 1. The number of hydrogen-bond acceptors (Lipinski definition) is 4. The summed E-state index contributed by atoms with van der Waals surface area (Å²) in [5.74, 6) is -1.82. The van der Waals surface area contributed by atoms with Crippen LogP contribution in [-0.4, -0.2) is 60.5 Å². The molecule has 2 aliphatic rings. The molecule has 7 heteroatoms. The molecule has 26 heavy (non-hydrogen) atoms. The molecule has 140 valence electrons. The number of carbonyl (C=O) groups is 3. The zero-order valence-electron chi connectivity index (χ0n) is 15.2. The number of nitrogens with one attached hydrogen (secondary N) is 1. The summed E-state index contributed by atoms with van der Waals surface area (Å²) in [6.07, 6.45) is 1.33. The Morgan fingerprint density at radius 2 is 1.85 bits per heavy atom. The average Bonchev–Trinajstić information content (AvgIpc) is 2.92. The molecule has 2 aliphatic heterocycles. The third kappa shape index (κ3) is 3.52. The maximum Gasteiger partial charge on any atom is 0.309 e. The number of benzene rings is 1. The van der Waals surface area contributed by atoms with Crippen LogP contribution in [0.2, 0.25) is 0 Å². The van der Waals surface area contributed by atoms with E-state index in [0.29, 0.717) is 32.4 Å². The minimum atomic E-state index is -0.941. The van der Waals surface area contributed by atoms with Gasteiger partial charge in [0.2, 0.25) is 11.8 Å². The predicted octanol–water partition coefficient (Wildman–Crippen LogP) is 0.877. The second-order valence-corrected chi connectivity index (χ2v) is 7.42. The zero-order chi connectivity index (χ0) is 18.9. The summed E-state index contributed by atoms with van der Waals surface area (Å²) in [4.78, 5) is 39.5. The molecule has 0 aromatic heterocycles. The highest BCUT2D eigenvalue weighted by atomic mass is 16.4. The van der Waals surface area contributed by atoms with E-state index in [0.717, 1.165) is 11.3 Å². The Balaban J connectivity index is 1.60. The first-order valence-corrected chi connectivity index (χ1v) is 8.88. The molecule has 2 fully saturated rings. The molecule has 2 saturated heterocycles. The molecule has 1 aromatic carbocycles. The van der Waals surface area contributed by atoms with Gasteiger partial charge in [0.25, 0.3) is 0 Å². The lowest BCUT2D eigenvalue weighted by atomic mass is 9.77. The molecule has 2 amide bonds. The number of aliphatic carboxylic acids is 1. The smallest absolute Gasteiger partial charge is 0.309 e. The van der Waals surface area contributed by atoms with Crippen LogP contribution in [0.4, 0.5) is 5.69 Å². The van der Waals surface area contributed by atoms with Gasteiger partial charge in [-0.05, 0) is 30.5 Å². The molecule has 1 spiro atoms. The third-order valence-corrected chi connectivity index (χ3v) is 5.56. The van der Waals surface area contributed by atoms with E-state index >= 15 is 0 Å². The second-order valence-electron chi connectivity index (χ2n) is 7.42. The maximum atomic E-state index is 12.6. The van der Waals surface area contributed by atoms with Crippen molar-refractivity contribution in [3.8, 4) is 0 Å². The Hall–Kier alpha value is -2.57. The maximum absolute atomic E-state index is 12.6. The summed E-state index contributed by atoms with van der Waals surface area (Å²) >= 11 is 0. The first-order chi connectivity index (χ1) is 12.3. The number of rotatable bonds is 4. The van der Waals surface area contributed by atoms with Crippen molar-refractivity contribution in [3.05, 3.63) is 29.8 Å². The van der Waals surface area contributed by atoms with E-state index in [1.807, 2.05) is 43.3 Å². The number of nitrogens with zero attached hydrogens (tertiary/aromatic N) is 2. The van der Waals surface area contributed by atoms with Gasteiger partial charge in [-0.15, -0.1) is 0 Å². The van der Waals surface area contributed by atoms with Crippen LogP contribution in [-0.2, 0) is 20.8 Å². The van der Waals surface area contributed by atoms with Crippen molar-refractivity contribution >= 4 is 23.5 Å².